The molecule has 0 spiro atoms. The second kappa shape index (κ2) is 12.6. The highest BCUT2D eigenvalue weighted by molar-refractivity contribution is 7.98. The molecule has 0 radical (unpaired) electrons. The van der Waals surface area contributed by atoms with Crippen LogP contribution in [0.5, 0.6) is 0 Å². The van der Waals surface area contributed by atoms with Crippen LogP contribution in [0.3, 0.4) is 0 Å². The van der Waals surface area contributed by atoms with E-state index in [1.807, 2.05) is 58.0 Å². The maximum absolute atomic E-state index is 13.2. The largest absolute Gasteiger partial charge is 0.445 e. The number of aliphatic hydroxyl groups is 1. The molecule has 9 nitrogen and oxygen atoms in total. The zero-order valence-corrected chi connectivity index (χ0v) is 20.6. The van der Waals surface area contributed by atoms with Crippen LogP contribution in [0.2, 0.25) is 0 Å². The zero-order valence-electron chi connectivity index (χ0n) is 19.8. The first-order chi connectivity index (χ1) is 15.6. The van der Waals surface area contributed by atoms with Crippen molar-refractivity contribution in [2.75, 3.05) is 6.26 Å². The summed E-state index contributed by atoms with van der Waals surface area (Å²) < 4.78 is 10.4. The van der Waals surface area contributed by atoms with E-state index < -0.39 is 23.8 Å². The lowest BCUT2D eigenvalue weighted by Crippen LogP contribution is -2.55. The first-order valence-electron chi connectivity index (χ1n) is 11.0. The molecule has 0 bridgehead atoms. The molecule has 2 rings (SSSR count). The Balaban J connectivity index is 2.12. The molecule has 0 saturated carbocycles. The smallest absolute Gasteiger partial charge is 0.408 e. The van der Waals surface area contributed by atoms with Gasteiger partial charge in [-0.2, -0.15) is 4.98 Å². The molecule has 0 fully saturated rings. The first-order valence-corrected chi connectivity index (χ1v) is 12.2. The van der Waals surface area contributed by atoms with E-state index in [4.69, 9.17) is 9.26 Å². The van der Waals surface area contributed by atoms with E-state index in [2.05, 4.69) is 20.8 Å². The van der Waals surface area contributed by atoms with Crippen LogP contribution in [0, 0.1) is 11.8 Å². The summed E-state index contributed by atoms with van der Waals surface area (Å²) in [5.74, 6) is -0.192. The number of thioether (sulfide) groups is 1. The first kappa shape index (κ1) is 26.7. The van der Waals surface area contributed by atoms with E-state index in [1.54, 1.807) is 6.26 Å². The summed E-state index contributed by atoms with van der Waals surface area (Å²) in [5.41, 5.74) is -0.994. The van der Waals surface area contributed by atoms with Gasteiger partial charge < -0.3 is 25.0 Å². The average molecular weight is 479 g/mol. The van der Waals surface area contributed by atoms with E-state index in [9.17, 15) is 14.7 Å². The molecule has 1 aromatic heterocycles. The van der Waals surface area contributed by atoms with Crippen molar-refractivity contribution in [1.82, 2.24) is 20.8 Å². The molecule has 3 N–H and O–H groups in total. The van der Waals surface area contributed by atoms with Crippen LogP contribution in [0.25, 0.3) is 0 Å². The van der Waals surface area contributed by atoms with Crippen LogP contribution in [0.1, 0.15) is 58.3 Å². The third kappa shape index (κ3) is 8.70. The summed E-state index contributed by atoms with van der Waals surface area (Å²) in [6.07, 6.45) is 2.22. The Labute approximate surface area is 199 Å². The maximum atomic E-state index is 13.2. The number of alkyl carbamates (subject to hydrolysis) is 1. The Morgan fingerprint density at radius 1 is 1.18 bits per heavy atom. The molecule has 10 heteroatoms. The van der Waals surface area contributed by atoms with Crippen molar-refractivity contribution in [2.45, 2.75) is 70.6 Å². The predicted molar refractivity (Wildman–Crippen MR) is 125 cm³/mol. The predicted octanol–water partition coefficient (Wildman–Crippen LogP) is 3.83. The van der Waals surface area contributed by atoms with Crippen molar-refractivity contribution in [2.24, 2.45) is 11.8 Å². The lowest BCUT2D eigenvalue weighted by atomic mass is 9.98. The minimum absolute atomic E-state index is 0.0178. The molecule has 2 aromatic rings. The molecule has 1 aromatic carbocycles. The van der Waals surface area contributed by atoms with Gasteiger partial charge in [0.15, 0.2) is 0 Å². The maximum Gasteiger partial charge on any atom is 0.408 e. The van der Waals surface area contributed by atoms with Crippen molar-refractivity contribution in [3.63, 3.8) is 0 Å². The van der Waals surface area contributed by atoms with Crippen molar-refractivity contribution < 1.29 is 24.0 Å². The normalized spacial score (nSPS) is 14.1. The van der Waals surface area contributed by atoms with Crippen LogP contribution >= 0.6 is 11.8 Å². The van der Waals surface area contributed by atoms with Gasteiger partial charge in [0.1, 0.15) is 12.6 Å². The van der Waals surface area contributed by atoms with Crippen LogP contribution in [-0.4, -0.2) is 39.5 Å². The third-order valence-electron chi connectivity index (χ3n) is 4.89. The topological polar surface area (TPSA) is 127 Å². The fourth-order valence-corrected chi connectivity index (χ4v) is 3.38. The van der Waals surface area contributed by atoms with Crippen molar-refractivity contribution in [3.8, 4) is 0 Å². The van der Waals surface area contributed by atoms with Crippen molar-refractivity contribution >= 4 is 23.8 Å². The zero-order chi connectivity index (χ0) is 24.4. The van der Waals surface area contributed by atoms with E-state index >= 15 is 0 Å². The van der Waals surface area contributed by atoms with Gasteiger partial charge in [0, 0.05) is 6.42 Å². The molecule has 0 aliphatic rings. The Bertz CT molecular complexity index is 890. The molecule has 182 valence electrons. The molecule has 2 atom stereocenters. The number of nitrogens with one attached hydrogen (secondary N) is 2. The summed E-state index contributed by atoms with van der Waals surface area (Å²) in [6, 6.07) is 8.35. The Kier molecular flexibility index (Phi) is 10.2. The van der Waals surface area contributed by atoms with Crippen LogP contribution in [0.4, 0.5) is 4.79 Å². The molecular weight excluding hydrogens is 444 g/mol. The summed E-state index contributed by atoms with van der Waals surface area (Å²) in [5, 5.41) is 20.7. The van der Waals surface area contributed by atoms with Gasteiger partial charge in [-0.15, -0.1) is 0 Å². The second-order valence-corrected chi connectivity index (χ2v) is 9.52. The lowest BCUT2D eigenvalue weighted by Gasteiger charge is -2.29. The molecule has 0 aliphatic heterocycles. The Morgan fingerprint density at radius 3 is 2.45 bits per heavy atom. The quantitative estimate of drug-likeness (QED) is 0.310. The van der Waals surface area contributed by atoms with Gasteiger partial charge in [0.2, 0.25) is 17.5 Å². The number of carbonyl (C=O) groups is 2. The number of benzene rings is 1. The number of rotatable bonds is 12. The van der Waals surface area contributed by atoms with E-state index in [-0.39, 0.29) is 35.9 Å². The SMILES string of the molecule is CSc1nc(C(O)(CCC(C)C)NC(=O)C(CC(C)C)NC(=O)OCc2ccccc2)no1. The van der Waals surface area contributed by atoms with Gasteiger partial charge in [-0.3, -0.25) is 4.79 Å². The summed E-state index contributed by atoms with van der Waals surface area (Å²) in [7, 11) is 0. The van der Waals surface area contributed by atoms with Crippen LogP contribution < -0.4 is 10.6 Å². The van der Waals surface area contributed by atoms with Gasteiger partial charge in [-0.05, 0) is 36.5 Å². The number of hydrogen-bond donors (Lipinski definition) is 3. The number of aromatic nitrogens is 2. The fraction of sp³-hybridized carbons (Fsp3) is 0.565. The lowest BCUT2D eigenvalue weighted by molar-refractivity contribution is -0.133. The second-order valence-electron chi connectivity index (χ2n) is 8.76. The Morgan fingerprint density at radius 2 is 1.88 bits per heavy atom. The summed E-state index contributed by atoms with van der Waals surface area (Å²) in [6.45, 7) is 7.98. The van der Waals surface area contributed by atoms with Gasteiger partial charge >= 0.3 is 6.09 Å². The number of ether oxygens (including phenoxy) is 1. The van der Waals surface area contributed by atoms with E-state index in [0.29, 0.717) is 12.8 Å². The van der Waals surface area contributed by atoms with Gasteiger partial charge in [0.25, 0.3) is 5.22 Å². The fourth-order valence-electron chi connectivity index (χ4n) is 3.09. The van der Waals surface area contributed by atoms with E-state index in [0.717, 1.165) is 5.56 Å². The molecule has 1 heterocycles. The number of hydrogen-bond acceptors (Lipinski definition) is 8. The minimum atomic E-state index is -1.83. The van der Waals surface area contributed by atoms with Gasteiger partial charge in [-0.1, -0.05) is 74.9 Å². The highest BCUT2D eigenvalue weighted by atomic mass is 32.2. The average Bonchev–Trinajstić information content (AvgIpc) is 3.26. The standard InChI is InChI=1S/C23H34N4O5S/c1-15(2)11-12-23(30,20-25-22(33-5)32-27-20)26-19(28)18(13-16(3)4)24-21(29)31-14-17-9-7-6-8-10-17/h6-10,15-16,18,30H,11-14H2,1-5H3,(H,24,29)(H,26,28). The van der Waals surface area contributed by atoms with Gasteiger partial charge in [0.05, 0.1) is 0 Å². The third-order valence-corrected chi connectivity index (χ3v) is 5.41. The van der Waals surface area contributed by atoms with Crippen molar-refractivity contribution in [3.05, 3.63) is 41.7 Å². The number of carbonyl (C=O) groups excluding carboxylic acids is 2. The molecule has 2 unspecified atom stereocenters. The van der Waals surface area contributed by atoms with E-state index in [1.165, 1.54) is 11.8 Å². The minimum Gasteiger partial charge on any atom is -0.445 e. The number of nitrogens with zero attached hydrogens (tertiary/aromatic N) is 2. The summed E-state index contributed by atoms with van der Waals surface area (Å²) in [4.78, 5) is 29.7. The molecule has 33 heavy (non-hydrogen) atoms. The number of amides is 2. The highest BCUT2D eigenvalue weighted by Crippen LogP contribution is 2.26. The summed E-state index contributed by atoms with van der Waals surface area (Å²) >= 11 is 1.24. The Hall–Kier alpha value is -2.59. The molecule has 2 amide bonds. The molecule has 0 saturated heterocycles. The molecule has 0 aliphatic carbocycles. The van der Waals surface area contributed by atoms with Gasteiger partial charge in [-0.25, -0.2) is 4.79 Å². The van der Waals surface area contributed by atoms with Crippen LogP contribution in [-0.2, 0) is 21.9 Å². The van der Waals surface area contributed by atoms with Crippen LogP contribution in [0.15, 0.2) is 40.1 Å². The van der Waals surface area contributed by atoms with Crippen molar-refractivity contribution in [1.29, 1.82) is 0 Å². The highest BCUT2D eigenvalue weighted by Gasteiger charge is 2.38. The molecular formula is C23H34N4O5S. The monoisotopic (exact) mass is 478 g/mol.